The zero-order chi connectivity index (χ0) is 16.6. The van der Waals surface area contributed by atoms with Crippen molar-refractivity contribution in [2.45, 2.75) is 19.5 Å². The van der Waals surface area contributed by atoms with E-state index in [1.54, 1.807) is 12.5 Å². The third kappa shape index (κ3) is 5.22. The molecule has 0 radical (unpaired) electrons. The van der Waals surface area contributed by atoms with Gasteiger partial charge in [-0.1, -0.05) is 30.3 Å². The maximum Gasteiger partial charge on any atom is 0.234 e. The summed E-state index contributed by atoms with van der Waals surface area (Å²) >= 11 is 0. The van der Waals surface area contributed by atoms with Gasteiger partial charge in [0.25, 0.3) is 0 Å². The highest BCUT2D eigenvalue weighted by atomic mass is 16.3. The Hall–Kier alpha value is -2.11. The summed E-state index contributed by atoms with van der Waals surface area (Å²) in [4.78, 5) is 16.8. The first-order chi connectivity index (χ1) is 11.8. The molecule has 1 aliphatic heterocycles. The van der Waals surface area contributed by atoms with Crippen molar-refractivity contribution in [1.29, 1.82) is 0 Å². The predicted octanol–water partition coefficient (Wildman–Crippen LogP) is 2.10. The fourth-order valence-corrected chi connectivity index (χ4v) is 3.04. The fraction of sp³-hybridized carbons (Fsp3) is 0.421. The van der Waals surface area contributed by atoms with Gasteiger partial charge in [0.15, 0.2) is 0 Å². The largest absolute Gasteiger partial charge is 0.472 e. The minimum Gasteiger partial charge on any atom is -0.472 e. The Morgan fingerprint density at radius 2 is 1.79 bits per heavy atom. The summed E-state index contributed by atoms with van der Waals surface area (Å²) in [6, 6.07) is 12.0. The van der Waals surface area contributed by atoms with E-state index >= 15 is 0 Å². The van der Waals surface area contributed by atoms with Gasteiger partial charge in [0.1, 0.15) is 0 Å². The predicted molar refractivity (Wildman–Crippen MR) is 93.3 cm³/mol. The van der Waals surface area contributed by atoms with Gasteiger partial charge in [-0.3, -0.25) is 14.6 Å². The number of nitrogens with one attached hydrogen (secondary N) is 1. The molecule has 0 aliphatic carbocycles. The first-order valence-electron chi connectivity index (χ1n) is 8.56. The number of rotatable bonds is 6. The summed E-state index contributed by atoms with van der Waals surface area (Å²) in [5.74, 6) is 0.0992. The Labute approximate surface area is 143 Å². The molecule has 24 heavy (non-hydrogen) atoms. The smallest absolute Gasteiger partial charge is 0.234 e. The molecule has 5 heteroatoms. The molecule has 0 saturated carbocycles. The van der Waals surface area contributed by atoms with E-state index in [0.29, 0.717) is 13.1 Å². The molecule has 1 N–H and O–H groups in total. The van der Waals surface area contributed by atoms with Crippen LogP contribution in [0.3, 0.4) is 0 Å². The van der Waals surface area contributed by atoms with E-state index in [9.17, 15) is 4.79 Å². The maximum atomic E-state index is 12.2. The van der Waals surface area contributed by atoms with Crippen LogP contribution < -0.4 is 5.32 Å². The number of amides is 1. The van der Waals surface area contributed by atoms with Crippen LogP contribution in [0.5, 0.6) is 0 Å². The van der Waals surface area contributed by atoms with Gasteiger partial charge >= 0.3 is 0 Å². The summed E-state index contributed by atoms with van der Waals surface area (Å²) in [6.45, 7) is 5.94. The lowest BCUT2D eigenvalue weighted by atomic mass is 10.2. The summed E-state index contributed by atoms with van der Waals surface area (Å²) in [6.07, 6.45) is 4.61. The van der Waals surface area contributed by atoms with Gasteiger partial charge in [-0.05, 0) is 31.1 Å². The lowest BCUT2D eigenvalue weighted by Gasteiger charge is -2.21. The average Bonchev–Trinajstić information content (AvgIpc) is 3.01. The van der Waals surface area contributed by atoms with Crippen LogP contribution in [0, 0.1) is 0 Å². The van der Waals surface area contributed by atoms with Gasteiger partial charge in [0, 0.05) is 31.7 Å². The molecule has 3 rings (SSSR count). The van der Waals surface area contributed by atoms with E-state index in [1.807, 2.05) is 36.4 Å². The van der Waals surface area contributed by atoms with Crippen LogP contribution in [0.25, 0.3) is 0 Å². The van der Waals surface area contributed by atoms with E-state index in [1.165, 1.54) is 5.56 Å². The second-order valence-corrected chi connectivity index (χ2v) is 6.30. The summed E-state index contributed by atoms with van der Waals surface area (Å²) in [5.41, 5.74) is 2.34. The quantitative estimate of drug-likeness (QED) is 0.883. The Balaban J connectivity index is 1.40. The number of hydrogen-bond acceptors (Lipinski definition) is 4. The van der Waals surface area contributed by atoms with Crippen molar-refractivity contribution < 1.29 is 9.21 Å². The molecule has 1 saturated heterocycles. The van der Waals surface area contributed by atoms with Crippen LogP contribution in [0.1, 0.15) is 17.5 Å². The summed E-state index contributed by atoms with van der Waals surface area (Å²) < 4.78 is 5.13. The van der Waals surface area contributed by atoms with Gasteiger partial charge in [-0.2, -0.15) is 0 Å². The Kier molecular flexibility index (Phi) is 6.04. The molecule has 0 spiro atoms. The van der Waals surface area contributed by atoms with E-state index < -0.39 is 0 Å². The second-order valence-electron chi connectivity index (χ2n) is 6.30. The van der Waals surface area contributed by atoms with Crippen LogP contribution >= 0.6 is 0 Å². The standard InChI is InChI=1S/C19H25N3O2/c23-19(20-13-17-5-2-1-3-6-17)15-22-9-4-8-21(10-11-22)14-18-7-12-24-16-18/h1-3,5-7,12,16H,4,8-11,13-15H2,(H,20,23). The topological polar surface area (TPSA) is 48.7 Å². The van der Waals surface area contributed by atoms with Crippen molar-refractivity contribution in [3.8, 4) is 0 Å². The van der Waals surface area contributed by atoms with E-state index in [2.05, 4.69) is 15.1 Å². The average molecular weight is 327 g/mol. The summed E-state index contributed by atoms with van der Waals surface area (Å²) in [5, 5.41) is 3.01. The number of carbonyl (C=O) groups excluding carboxylic acids is 1. The van der Waals surface area contributed by atoms with Crippen molar-refractivity contribution in [2.24, 2.45) is 0 Å². The minimum atomic E-state index is 0.0992. The first kappa shape index (κ1) is 16.7. The first-order valence-corrected chi connectivity index (χ1v) is 8.56. The molecule has 1 fully saturated rings. The van der Waals surface area contributed by atoms with Crippen LogP contribution in [0.4, 0.5) is 0 Å². The zero-order valence-electron chi connectivity index (χ0n) is 14.0. The molecule has 2 aromatic rings. The summed E-state index contributed by atoms with van der Waals surface area (Å²) in [7, 11) is 0. The molecule has 0 bridgehead atoms. The molecular formula is C19H25N3O2. The van der Waals surface area contributed by atoms with E-state index in [4.69, 9.17) is 4.42 Å². The number of hydrogen-bond donors (Lipinski definition) is 1. The van der Waals surface area contributed by atoms with Crippen LogP contribution in [0.15, 0.2) is 53.3 Å². The monoisotopic (exact) mass is 327 g/mol. The lowest BCUT2D eigenvalue weighted by molar-refractivity contribution is -0.122. The van der Waals surface area contributed by atoms with Gasteiger partial charge in [0.05, 0.1) is 19.1 Å². The fourth-order valence-electron chi connectivity index (χ4n) is 3.04. The Morgan fingerprint density at radius 1 is 1.00 bits per heavy atom. The SMILES string of the molecule is O=C(CN1CCCN(Cc2ccoc2)CC1)NCc1ccccc1. The third-order valence-corrected chi connectivity index (χ3v) is 4.37. The van der Waals surface area contributed by atoms with Crippen LogP contribution in [-0.4, -0.2) is 48.4 Å². The van der Waals surface area contributed by atoms with E-state index in [0.717, 1.165) is 44.7 Å². The lowest BCUT2D eigenvalue weighted by Crippen LogP contribution is -2.39. The highest BCUT2D eigenvalue weighted by Crippen LogP contribution is 2.09. The van der Waals surface area contributed by atoms with Crippen molar-refractivity contribution >= 4 is 5.91 Å². The van der Waals surface area contributed by atoms with Crippen molar-refractivity contribution in [2.75, 3.05) is 32.7 Å². The van der Waals surface area contributed by atoms with Crippen molar-refractivity contribution in [3.63, 3.8) is 0 Å². The molecule has 1 aliphatic rings. The molecular weight excluding hydrogens is 302 g/mol. The van der Waals surface area contributed by atoms with Gasteiger partial charge in [-0.15, -0.1) is 0 Å². The number of furan rings is 1. The number of carbonyl (C=O) groups is 1. The molecule has 0 unspecified atom stereocenters. The minimum absolute atomic E-state index is 0.0992. The zero-order valence-corrected chi connectivity index (χ0v) is 14.0. The highest BCUT2D eigenvalue weighted by molar-refractivity contribution is 5.78. The molecule has 5 nitrogen and oxygen atoms in total. The Morgan fingerprint density at radius 3 is 2.58 bits per heavy atom. The number of nitrogens with zero attached hydrogens (tertiary/aromatic N) is 2. The molecule has 128 valence electrons. The van der Waals surface area contributed by atoms with E-state index in [-0.39, 0.29) is 5.91 Å². The second kappa shape index (κ2) is 8.66. The molecule has 1 aromatic carbocycles. The highest BCUT2D eigenvalue weighted by Gasteiger charge is 2.17. The maximum absolute atomic E-state index is 12.2. The van der Waals surface area contributed by atoms with Crippen LogP contribution in [-0.2, 0) is 17.9 Å². The molecule has 0 atom stereocenters. The molecule has 2 heterocycles. The number of benzene rings is 1. The van der Waals surface area contributed by atoms with Crippen molar-refractivity contribution in [1.82, 2.24) is 15.1 Å². The Bertz CT molecular complexity index is 613. The molecule has 1 amide bonds. The van der Waals surface area contributed by atoms with Gasteiger partial charge < -0.3 is 9.73 Å². The van der Waals surface area contributed by atoms with Gasteiger partial charge in [-0.25, -0.2) is 0 Å². The van der Waals surface area contributed by atoms with Crippen LogP contribution in [0.2, 0.25) is 0 Å². The third-order valence-electron chi connectivity index (χ3n) is 4.37. The normalized spacial score (nSPS) is 16.7. The van der Waals surface area contributed by atoms with Gasteiger partial charge in [0.2, 0.25) is 5.91 Å². The van der Waals surface area contributed by atoms with Crippen molar-refractivity contribution in [3.05, 3.63) is 60.1 Å². The molecule has 1 aromatic heterocycles.